The monoisotopic (exact) mass is 397 g/mol. The number of ether oxygens (including phenoxy) is 2. The first-order valence-corrected chi connectivity index (χ1v) is 9.26. The highest BCUT2D eigenvalue weighted by molar-refractivity contribution is 6.32. The molecule has 0 saturated heterocycles. The van der Waals surface area contributed by atoms with Gasteiger partial charge in [-0.1, -0.05) is 36.7 Å². The number of ketones is 1. The van der Waals surface area contributed by atoms with Crippen molar-refractivity contribution in [3.05, 3.63) is 69.9 Å². The predicted molar refractivity (Wildman–Crippen MR) is 108 cm³/mol. The number of hydrogen-bond acceptors (Lipinski definition) is 5. The average Bonchev–Trinajstić information content (AvgIpc) is 2.71. The Labute approximate surface area is 168 Å². The zero-order chi connectivity index (χ0) is 20.3. The second kappa shape index (κ2) is 8.40. The van der Waals surface area contributed by atoms with Gasteiger partial charge in [0.1, 0.15) is 5.75 Å². The molecule has 6 heteroatoms. The maximum absolute atomic E-state index is 12.7. The van der Waals surface area contributed by atoms with Gasteiger partial charge in [0, 0.05) is 10.9 Å². The highest BCUT2D eigenvalue weighted by atomic mass is 35.5. The second-order valence-corrected chi connectivity index (χ2v) is 6.69. The van der Waals surface area contributed by atoms with E-state index in [9.17, 15) is 9.59 Å². The molecule has 3 aromatic rings. The number of fused-ring (bicyclic) bond motifs is 1. The minimum Gasteiger partial charge on any atom is -0.495 e. The van der Waals surface area contributed by atoms with E-state index >= 15 is 0 Å². The number of halogens is 1. The fourth-order valence-electron chi connectivity index (χ4n) is 3.09. The first kappa shape index (κ1) is 19.8. The molecule has 28 heavy (non-hydrogen) atoms. The van der Waals surface area contributed by atoms with Crippen LogP contribution in [0.15, 0.2) is 42.5 Å². The van der Waals surface area contributed by atoms with Crippen molar-refractivity contribution >= 4 is 34.3 Å². The Bertz CT molecular complexity index is 1060. The summed E-state index contributed by atoms with van der Waals surface area (Å²) in [7, 11) is 1.50. The lowest BCUT2D eigenvalue weighted by atomic mass is 10.0. The van der Waals surface area contributed by atoms with Crippen molar-refractivity contribution in [3.8, 4) is 5.75 Å². The van der Waals surface area contributed by atoms with Crippen molar-refractivity contribution in [2.45, 2.75) is 20.3 Å². The summed E-state index contributed by atoms with van der Waals surface area (Å²) in [6, 6.07) is 12.3. The number of carbonyl (C=O) groups is 2. The van der Waals surface area contributed by atoms with Crippen LogP contribution < -0.4 is 4.74 Å². The maximum atomic E-state index is 12.7. The van der Waals surface area contributed by atoms with Crippen LogP contribution >= 0.6 is 11.6 Å². The number of rotatable bonds is 6. The Morgan fingerprint density at radius 3 is 2.57 bits per heavy atom. The molecule has 2 aromatic carbocycles. The van der Waals surface area contributed by atoms with Crippen molar-refractivity contribution < 1.29 is 19.1 Å². The summed E-state index contributed by atoms with van der Waals surface area (Å²) in [5, 5.41) is 1.21. The van der Waals surface area contributed by atoms with Gasteiger partial charge in [0.15, 0.2) is 12.4 Å². The molecule has 0 N–H and O–H groups in total. The van der Waals surface area contributed by atoms with Gasteiger partial charge in [-0.05, 0) is 43.2 Å². The Balaban J connectivity index is 1.82. The summed E-state index contributed by atoms with van der Waals surface area (Å²) in [6.45, 7) is 3.42. The maximum Gasteiger partial charge on any atom is 0.340 e. The number of esters is 1. The number of carbonyl (C=O) groups excluding carboxylic acids is 2. The summed E-state index contributed by atoms with van der Waals surface area (Å²) in [6.07, 6.45) is 0.581. The van der Waals surface area contributed by atoms with E-state index in [0.717, 1.165) is 16.5 Å². The zero-order valence-corrected chi connectivity index (χ0v) is 16.7. The molecule has 0 unspecified atom stereocenters. The normalized spacial score (nSPS) is 10.7. The molecule has 144 valence electrons. The lowest BCUT2D eigenvalue weighted by Gasteiger charge is -2.13. The fraction of sp³-hybridized carbons (Fsp3) is 0.227. The van der Waals surface area contributed by atoms with Crippen LogP contribution in [0.5, 0.6) is 5.75 Å². The molecule has 0 spiro atoms. The van der Waals surface area contributed by atoms with Gasteiger partial charge in [0.2, 0.25) is 0 Å². The molecule has 0 aliphatic carbocycles. The Morgan fingerprint density at radius 1 is 1.14 bits per heavy atom. The van der Waals surface area contributed by atoms with Gasteiger partial charge in [-0.25, -0.2) is 4.79 Å². The molecule has 0 bridgehead atoms. The van der Waals surface area contributed by atoms with E-state index in [4.69, 9.17) is 21.1 Å². The van der Waals surface area contributed by atoms with E-state index in [2.05, 4.69) is 4.98 Å². The number of nitrogens with zero attached hydrogens (tertiary/aromatic N) is 1. The van der Waals surface area contributed by atoms with Gasteiger partial charge >= 0.3 is 5.97 Å². The Morgan fingerprint density at radius 2 is 1.89 bits per heavy atom. The van der Waals surface area contributed by atoms with Crippen LogP contribution in [0.3, 0.4) is 0 Å². The van der Waals surface area contributed by atoms with E-state index in [0.29, 0.717) is 34.0 Å². The minimum absolute atomic E-state index is 0.322. The van der Waals surface area contributed by atoms with Crippen molar-refractivity contribution in [3.63, 3.8) is 0 Å². The SMILES string of the molecule is CCc1nc2ccccc2c(C)c1C(=O)OCC(=O)c1ccc(OC)c(Cl)c1. The summed E-state index contributed by atoms with van der Waals surface area (Å²) >= 11 is 6.05. The van der Waals surface area contributed by atoms with E-state index in [1.165, 1.54) is 13.2 Å². The molecule has 0 saturated carbocycles. The van der Waals surface area contributed by atoms with Crippen molar-refractivity contribution in [1.82, 2.24) is 4.98 Å². The first-order valence-electron chi connectivity index (χ1n) is 8.88. The predicted octanol–water partition coefficient (Wildman–Crippen LogP) is 4.81. The molecular weight excluding hydrogens is 378 g/mol. The number of benzene rings is 2. The smallest absolute Gasteiger partial charge is 0.340 e. The van der Waals surface area contributed by atoms with E-state index in [-0.39, 0.29) is 12.4 Å². The van der Waals surface area contributed by atoms with Crippen LogP contribution in [-0.4, -0.2) is 30.5 Å². The number of hydrogen-bond donors (Lipinski definition) is 0. The number of pyridine rings is 1. The number of Topliss-reactive ketones (excluding diaryl/α,β-unsaturated/α-hetero) is 1. The molecule has 0 amide bonds. The van der Waals surface area contributed by atoms with Crippen LogP contribution in [-0.2, 0) is 11.2 Å². The number of para-hydroxylation sites is 1. The lowest BCUT2D eigenvalue weighted by molar-refractivity contribution is 0.0472. The average molecular weight is 398 g/mol. The third kappa shape index (κ3) is 3.85. The zero-order valence-electron chi connectivity index (χ0n) is 15.9. The van der Waals surface area contributed by atoms with Crippen LogP contribution in [0.4, 0.5) is 0 Å². The number of aryl methyl sites for hydroxylation is 2. The molecule has 0 atom stereocenters. The molecule has 0 aliphatic heterocycles. The number of methoxy groups -OCH3 is 1. The van der Waals surface area contributed by atoms with E-state index in [1.54, 1.807) is 12.1 Å². The van der Waals surface area contributed by atoms with Gasteiger partial charge in [-0.2, -0.15) is 0 Å². The molecule has 5 nitrogen and oxygen atoms in total. The van der Waals surface area contributed by atoms with E-state index in [1.807, 2.05) is 38.1 Å². The van der Waals surface area contributed by atoms with Crippen LogP contribution in [0.2, 0.25) is 5.02 Å². The Hall–Kier alpha value is -2.92. The van der Waals surface area contributed by atoms with Gasteiger partial charge in [0.05, 0.1) is 28.9 Å². The topological polar surface area (TPSA) is 65.5 Å². The van der Waals surface area contributed by atoms with Gasteiger partial charge in [-0.3, -0.25) is 9.78 Å². The summed E-state index contributed by atoms with van der Waals surface area (Å²) < 4.78 is 10.4. The summed E-state index contributed by atoms with van der Waals surface area (Å²) in [5.41, 5.74) is 3.05. The molecule has 0 radical (unpaired) electrons. The van der Waals surface area contributed by atoms with Crippen molar-refractivity contribution in [2.24, 2.45) is 0 Å². The third-order valence-electron chi connectivity index (χ3n) is 4.57. The molecule has 0 fully saturated rings. The van der Waals surface area contributed by atoms with Crippen molar-refractivity contribution in [2.75, 3.05) is 13.7 Å². The molecular formula is C22H20ClNO4. The summed E-state index contributed by atoms with van der Waals surface area (Å²) in [5.74, 6) is -0.427. The minimum atomic E-state index is -0.555. The van der Waals surface area contributed by atoms with E-state index < -0.39 is 5.97 Å². The standard InChI is InChI=1S/C22H20ClNO4/c1-4-17-21(13(2)15-7-5-6-8-18(15)24-17)22(26)28-12-19(25)14-9-10-20(27-3)16(23)11-14/h5-11H,4,12H2,1-3H3. The summed E-state index contributed by atoms with van der Waals surface area (Å²) in [4.78, 5) is 29.7. The quantitative estimate of drug-likeness (QED) is 0.441. The molecule has 1 aromatic heterocycles. The van der Waals surface area contributed by atoms with Crippen LogP contribution in [0, 0.1) is 6.92 Å². The molecule has 3 rings (SSSR count). The lowest BCUT2D eigenvalue weighted by Crippen LogP contribution is -2.17. The molecule has 1 heterocycles. The first-order chi connectivity index (χ1) is 13.5. The van der Waals surface area contributed by atoms with Crippen LogP contribution in [0.1, 0.15) is 38.9 Å². The second-order valence-electron chi connectivity index (χ2n) is 6.28. The van der Waals surface area contributed by atoms with Crippen molar-refractivity contribution in [1.29, 1.82) is 0 Å². The van der Waals surface area contributed by atoms with Gasteiger partial charge in [0.25, 0.3) is 0 Å². The van der Waals surface area contributed by atoms with Gasteiger partial charge in [-0.15, -0.1) is 0 Å². The Kier molecular flexibility index (Phi) is 5.95. The number of aromatic nitrogens is 1. The van der Waals surface area contributed by atoms with Gasteiger partial charge < -0.3 is 9.47 Å². The highest BCUT2D eigenvalue weighted by Gasteiger charge is 2.20. The fourth-order valence-corrected chi connectivity index (χ4v) is 3.35. The molecule has 0 aliphatic rings. The highest BCUT2D eigenvalue weighted by Crippen LogP contribution is 2.26. The third-order valence-corrected chi connectivity index (χ3v) is 4.87. The largest absolute Gasteiger partial charge is 0.495 e. The van der Waals surface area contributed by atoms with Crippen LogP contribution in [0.25, 0.3) is 10.9 Å².